The van der Waals surface area contributed by atoms with Gasteiger partial charge in [0.2, 0.25) is 5.82 Å². The normalized spacial score (nSPS) is 11.6. The van der Waals surface area contributed by atoms with Crippen molar-refractivity contribution in [2.45, 2.75) is 12.7 Å². The summed E-state index contributed by atoms with van der Waals surface area (Å²) in [6, 6.07) is 14.0. The highest BCUT2D eigenvalue weighted by Crippen LogP contribution is 2.31. The fraction of sp³-hybridized carbons (Fsp3) is 0.222. The molecule has 0 saturated heterocycles. The van der Waals surface area contributed by atoms with Gasteiger partial charge < -0.3 is 9.64 Å². The van der Waals surface area contributed by atoms with E-state index in [2.05, 4.69) is 9.97 Å². The first-order valence-electron chi connectivity index (χ1n) is 7.56. The van der Waals surface area contributed by atoms with Crippen LogP contribution >= 0.6 is 0 Å². The number of para-hydroxylation sites is 1. The lowest BCUT2D eigenvalue weighted by molar-refractivity contribution is -0.144. The molecule has 25 heavy (non-hydrogen) atoms. The first kappa shape index (κ1) is 17.0. The third kappa shape index (κ3) is 3.65. The molecule has 0 amide bonds. The first-order chi connectivity index (χ1) is 11.9. The van der Waals surface area contributed by atoms with E-state index in [1.54, 1.807) is 43.3 Å². The lowest BCUT2D eigenvalue weighted by Gasteiger charge is -2.21. The van der Waals surface area contributed by atoms with Crippen molar-refractivity contribution in [2.24, 2.45) is 0 Å². The number of halogens is 3. The van der Waals surface area contributed by atoms with Gasteiger partial charge in [-0.1, -0.05) is 24.3 Å². The van der Waals surface area contributed by atoms with E-state index in [1.807, 2.05) is 24.3 Å². The highest BCUT2D eigenvalue weighted by Gasteiger charge is 2.35. The van der Waals surface area contributed by atoms with Gasteiger partial charge in [0.1, 0.15) is 11.6 Å². The molecule has 0 fully saturated rings. The predicted octanol–water partition coefficient (Wildman–Crippen LogP) is 4.29. The van der Waals surface area contributed by atoms with Gasteiger partial charge in [-0.3, -0.25) is 0 Å². The van der Waals surface area contributed by atoms with Gasteiger partial charge in [0, 0.05) is 19.0 Å². The topological polar surface area (TPSA) is 38.2 Å². The molecule has 1 aromatic heterocycles. The van der Waals surface area contributed by atoms with Crippen molar-refractivity contribution in [2.75, 3.05) is 19.1 Å². The molecule has 0 unspecified atom stereocenters. The molecule has 0 radical (unpaired) electrons. The number of methoxy groups -OCH3 is 1. The van der Waals surface area contributed by atoms with Gasteiger partial charge in [0.25, 0.3) is 0 Å². The summed E-state index contributed by atoms with van der Waals surface area (Å²) in [6.07, 6.45) is -4.60. The first-order valence-corrected chi connectivity index (χ1v) is 7.56. The summed E-state index contributed by atoms with van der Waals surface area (Å²) in [5.41, 5.74) is 1.20. The molecule has 130 valence electrons. The summed E-state index contributed by atoms with van der Waals surface area (Å²) in [6.45, 7) is 0.405. The predicted molar refractivity (Wildman–Crippen MR) is 89.6 cm³/mol. The van der Waals surface area contributed by atoms with Crippen molar-refractivity contribution in [3.63, 3.8) is 0 Å². The van der Waals surface area contributed by atoms with Crippen molar-refractivity contribution >= 4 is 16.7 Å². The molecule has 2 aromatic carbocycles. The van der Waals surface area contributed by atoms with Gasteiger partial charge in [0.05, 0.1) is 12.6 Å². The Labute approximate surface area is 142 Å². The minimum atomic E-state index is -4.60. The van der Waals surface area contributed by atoms with Crippen LogP contribution in [0.2, 0.25) is 0 Å². The molecule has 0 bridgehead atoms. The number of aromatic nitrogens is 2. The van der Waals surface area contributed by atoms with Crippen LogP contribution in [0, 0.1) is 0 Å². The van der Waals surface area contributed by atoms with E-state index in [9.17, 15) is 13.2 Å². The van der Waals surface area contributed by atoms with Crippen LogP contribution in [0.25, 0.3) is 10.9 Å². The van der Waals surface area contributed by atoms with Crippen molar-refractivity contribution in [3.05, 3.63) is 59.9 Å². The van der Waals surface area contributed by atoms with Crippen LogP contribution in [0.4, 0.5) is 19.0 Å². The van der Waals surface area contributed by atoms with Crippen LogP contribution in [0.15, 0.2) is 48.5 Å². The molecule has 0 aliphatic heterocycles. The number of rotatable bonds is 4. The van der Waals surface area contributed by atoms with Crippen molar-refractivity contribution in [1.82, 2.24) is 9.97 Å². The molecule has 0 aliphatic rings. The van der Waals surface area contributed by atoms with E-state index in [-0.39, 0.29) is 11.3 Å². The van der Waals surface area contributed by atoms with Crippen molar-refractivity contribution in [1.29, 1.82) is 0 Å². The zero-order valence-electron chi connectivity index (χ0n) is 13.7. The molecule has 3 rings (SSSR count). The van der Waals surface area contributed by atoms with E-state index in [0.717, 1.165) is 11.3 Å². The number of alkyl halides is 3. The average Bonchev–Trinajstić information content (AvgIpc) is 2.60. The zero-order valence-corrected chi connectivity index (χ0v) is 13.7. The minimum absolute atomic E-state index is 0.244. The summed E-state index contributed by atoms with van der Waals surface area (Å²) in [7, 11) is 3.28. The van der Waals surface area contributed by atoms with E-state index in [0.29, 0.717) is 11.9 Å². The van der Waals surface area contributed by atoms with Crippen molar-refractivity contribution in [3.8, 4) is 5.75 Å². The summed E-state index contributed by atoms with van der Waals surface area (Å²) in [4.78, 5) is 9.09. The molecule has 0 aliphatic carbocycles. The third-order valence-electron chi connectivity index (χ3n) is 3.78. The van der Waals surface area contributed by atoms with Crippen LogP contribution < -0.4 is 9.64 Å². The fourth-order valence-corrected chi connectivity index (χ4v) is 2.56. The fourth-order valence-electron chi connectivity index (χ4n) is 2.56. The van der Waals surface area contributed by atoms with Crippen LogP contribution in [0.1, 0.15) is 11.4 Å². The summed E-state index contributed by atoms with van der Waals surface area (Å²) in [5.74, 6) is -0.172. The van der Waals surface area contributed by atoms with E-state index < -0.39 is 12.0 Å². The Bertz CT molecular complexity index is 879. The molecule has 1 heterocycles. The smallest absolute Gasteiger partial charge is 0.451 e. The summed E-state index contributed by atoms with van der Waals surface area (Å²) < 4.78 is 44.4. The number of fused-ring (bicyclic) bond motifs is 1. The highest BCUT2D eigenvalue weighted by molar-refractivity contribution is 5.89. The van der Waals surface area contributed by atoms with Gasteiger partial charge in [-0.05, 0) is 29.8 Å². The van der Waals surface area contributed by atoms with E-state index >= 15 is 0 Å². The molecule has 0 N–H and O–H groups in total. The molecule has 0 spiro atoms. The van der Waals surface area contributed by atoms with E-state index in [4.69, 9.17) is 4.74 Å². The standard InChI is InChI=1S/C18H16F3N3O/c1-24(11-12-7-9-13(25-2)10-8-12)16-14-5-3-4-6-15(14)22-17(23-16)18(19,20)21/h3-10H,11H2,1-2H3. The van der Waals surface area contributed by atoms with Crippen LogP contribution in [0.3, 0.4) is 0 Å². The second-order valence-corrected chi connectivity index (χ2v) is 5.59. The summed E-state index contributed by atoms with van der Waals surface area (Å²) in [5, 5.41) is 0.575. The molecule has 4 nitrogen and oxygen atoms in total. The quantitative estimate of drug-likeness (QED) is 0.706. The van der Waals surface area contributed by atoms with Crippen LogP contribution in [0.5, 0.6) is 5.75 Å². The Morgan fingerprint density at radius 3 is 2.32 bits per heavy atom. The average molecular weight is 347 g/mol. The molecule has 0 atom stereocenters. The molecular weight excluding hydrogens is 331 g/mol. The molecular formula is C18H16F3N3O. The Hall–Kier alpha value is -2.83. The van der Waals surface area contributed by atoms with Gasteiger partial charge >= 0.3 is 6.18 Å². The van der Waals surface area contributed by atoms with E-state index in [1.165, 1.54) is 0 Å². The number of hydrogen-bond donors (Lipinski definition) is 0. The van der Waals surface area contributed by atoms with Gasteiger partial charge in [-0.2, -0.15) is 13.2 Å². The lowest BCUT2D eigenvalue weighted by Crippen LogP contribution is -2.21. The Kier molecular flexibility index (Phi) is 4.48. The monoisotopic (exact) mass is 347 g/mol. The molecule has 0 saturated carbocycles. The van der Waals surface area contributed by atoms with Gasteiger partial charge in [-0.25, -0.2) is 9.97 Å². The van der Waals surface area contributed by atoms with Crippen LogP contribution in [-0.4, -0.2) is 24.1 Å². The largest absolute Gasteiger partial charge is 0.497 e. The maximum absolute atomic E-state index is 13.1. The number of ether oxygens (including phenoxy) is 1. The zero-order chi connectivity index (χ0) is 18.0. The Morgan fingerprint density at radius 2 is 1.68 bits per heavy atom. The second kappa shape index (κ2) is 6.58. The maximum atomic E-state index is 13.1. The lowest BCUT2D eigenvalue weighted by atomic mass is 10.2. The highest BCUT2D eigenvalue weighted by atomic mass is 19.4. The molecule has 7 heteroatoms. The van der Waals surface area contributed by atoms with Gasteiger partial charge in [-0.15, -0.1) is 0 Å². The number of hydrogen-bond acceptors (Lipinski definition) is 4. The Balaban J connectivity index is 2.00. The Morgan fingerprint density at radius 1 is 1.00 bits per heavy atom. The summed E-state index contributed by atoms with van der Waals surface area (Å²) >= 11 is 0. The SMILES string of the molecule is COc1ccc(CN(C)c2nc(C(F)(F)F)nc3ccccc23)cc1. The maximum Gasteiger partial charge on any atom is 0.451 e. The third-order valence-corrected chi connectivity index (χ3v) is 3.78. The van der Waals surface area contributed by atoms with Crippen LogP contribution in [-0.2, 0) is 12.7 Å². The molecule has 3 aromatic rings. The van der Waals surface area contributed by atoms with Crippen molar-refractivity contribution < 1.29 is 17.9 Å². The van der Waals surface area contributed by atoms with Gasteiger partial charge in [0.15, 0.2) is 0 Å². The number of anilines is 1. The minimum Gasteiger partial charge on any atom is -0.497 e. The number of nitrogens with zero attached hydrogens (tertiary/aromatic N) is 3. The number of benzene rings is 2. The second-order valence-electron chi connectivity index (χ2n) is 5.59.